The monoisotopic (exact) mass is 479 g/mol. The van der Waals surface area contributed by atoms with Gasteiger partial charge in [-0.2, -0.15) is 0 Å². The Kier molecular flexibility index (Phi) is 9.20. The van der Waals surface area contributed by atoms with Crippen molar-refractivity contribution in [2.45, 2.75) is 33.2 Å². The largest absolute Gasteiger partial charge is 0.357 e. The zero-order chi connectivity index (χ0) is 17.6. The summed E-state index contributed by atoms with van der Waals surface area (Å²) in [5.74, 6) is 1.57. The third-order valence-corrected chi connectivity index (χ3v) is 6.21. The van der Waals surface area contributed by atoms with Crippen LogP contribution in [0.25, 0.3) is 0 Å². The number of aliphatic imine (C=N–C) groups is 1. The number of aryl methyl sites for hydroxylation is 1. The standard InChI is InChI=1S/C18H29N3O2S.HI/c1-4-15-6-8-16(9-7-15)13-21(3)18(19-5-2)20-12-17-10-11-24(22,23)14-17;/h6-9,17H,4-5,10-14H2,1-3H3,(H,19,20);1H. The highest BCUT2D eigenvalue weighted by atomic mass is 127. The van der Waals surface area contributed by atoms with Gasteiger partial charge in [-0.3, -0.25) is 4.99 Å². The number of nitrogens with zero attached hydrogens (tertiary/aromatic N) is 2. The maximum atomic E-state index is 11.6. The van der Waals surface area contributed by atoms with Crippen molar-refractivity contribution in [3.8, 4) is 0 Å². The van der Waals surface area contributed by atoms with E-state index in [9.17, 15) is 8.42 Å². The van der Waals surface area contributed by atoms with Gasteiger partial charge in [0.2, 0.25) is 0 Å². The average molecular weight is 479 g/mol. The number of rotatable bonds is 6. The molecule has 0 aliphatic carbocycles. The lowest BCUT2D eigenvalue weighted by Crippen LogP contribution is -2.38. The van der Waals surface area contributed by atoms with Crippen LogP contribution >= 0.6 is 24.0 Å². The van der Waals surface area contributed by atoms with Crippen LogP contribution in [-0.2, 0) is 22.8 Å². The topological polar surface area (TPSA) is 61.8 Å². The molecular weight excluding hydrogens is 449 g/mol. The molecule has 1 aromatic carbocycles. The van der Waals surface area contributed by atoms with Crippen molar-refractivity contribution in [2.24, 2.45) is 10.9 Å². The molecule has 1 fully saturated rings. The minimum Gasteiger partial charge on any atom is -0.357 e. The molecule has 0 aromatic heterocycles. The summed E-state index contributed by atoms with van der Waals surface area (Å²) < 4.78 is 23.1. The van der Waals surface area contributed by atoms with Crippen molar-refractivity contribution in [1.29, 1.82) is 0 Å². The lowest BCUT2D eigenvalue weighted by Gasteiger charge is -2.22. The number of guanidine groups is 1. The minimum absolute atomic E-state index is 0. The first-order chi connectivity index (χ1) is 11.4. The number of nitrogens with one attached hydrogen (secondary N) is 1. The van der Waals surface area contributed by atoms with Gasteiger partial charge in [-0.05, 0) is 36.8 Å². The molecule has 1 N–H and O–H groups in total. The van der Waals surface area contributed by atoms with E-state index in [1.165, 1.54) is 11.1 Å². The van der Waals surface area contributed by atoms with E-state index in [-0.39, 0.29) is 35.6 Å². The van der Waals surface area contributed by atoms with Gasteiger partial charge in [-0.1, -0.05) is 31.2 Å². The summed E-state index contributed by atoms with van der Waals surface area (Å²) in [5.41, 5.74) is 2.58. The number of sulfone groups is 1. The molecule has 1 aliphatic rings. The summed E-state index contributed by atoms with van der Waals surface area (Å²) in [6.45, 7) is 6.33. The predicted octanol–water partition coefficient (Wildman–Crippen LogP) is 2.70. The van der Waals surface area contributed by atoms with E-state index >= 15 is 0 Å². The first-order valence-electron chi connectivity index (χ1n) is 8.71. The Hall–Kier alpha value is -0.830. The van der Waals surface area contributed by atoms with Crippen LogP contribution in [0.15, 0.2) is 29.3 Å². The fraction of sp³-hybridized carbons (Fsp3) is 0.611. The Labute approximate surface area is 169 Å². The minimum atomic E-state index is -2.83. The smallest absolute Gasteiger partial charge is 0.193 e. The summed E-state index contributed by atoms with van der Waals surface area (Å²) in [7, 11) is -0.820. The van der Waals surface area contributed by atoms with Crippen LogP contribution in [0, 0.1) is 5.92 Å². The van der Waals surface area contributed by atoms with Crippen LogP contribution in [-0.4, -0.2) is 50.9 Å². The van der Waals surface area contributed by atoms with Gasteiger partial charge < -0.3 is 10.2 Å². The molecule has 0 saturated carbocycles. The van der Waals surface area contributed by atoms with Gasteiger partial charge in [0.1, 0.15) is 0 Å². The molecule has 1 aromatic rings. The fourth-order valence-electron chi connectivity index (χ4n) is 2.93. The Morgan fingerprint density at radius 2 is 1.88 bits per heavy atom. The lowest BCUT2D eigenvalue weighted by atomic mass is 10.1. The molecule has 1 saturated heterocycles. The molecule has 1 aliphatic heterocycles. The van der Waals surface area contributed by atoms with Crippen LogP contribution in [0.5, 0.6) is 0 Å². The normalized spacial score (nSPS) is 19.3. The number of halogens is 1. The van der Waals surface area contributed by atoms with Crippen LogP contribution < -0.4 is 5.32 Å². The molecule has 7 heteroatoms. The highest BCUT2D eigenvalue weighted by Gasteiger charge is 2.27. The van der Waals surface area contributed by atoms with Crippen LogP contribution in [0.4, 0.5) is 0 Å². The highest BCUT2D eigenvalue weighted by molar-refractivity contribution is 14.0. The molecule has 0 bridgehead atoms. The second-order valence-electron chi connectivity index (χ2n) is 6.49. The molecule has 142 valence electrons. The van der Waals surface area contributed by atoms with Crippen LogP contribution in [0.2, 0.25) is 0 Å². The average Bonchev–Trinajstić information content (AvgIpc) is 2.91. The third-order valence-electron chi connectivity index (χ3n) is 4.37. The van der Waals surface area contributed by atoms with E-state index in [4.69, 9.17) is 0 Å². The van der Waals surface area contributed by atoms with Gasteiger partial charge in [0, 0.05) is 26.7 Å². The summed E-state index contributed by atoms with van der Waals surface area (Å²) in [4.78, 5) is 6.75. The van der Waals surface area contributed by atoms with E-state index in [0.29, 0.717) is 12.3 Å². The molecular formula is C18H30IN3O2S. The molecule has 0 amide bonds. The maximum absolute atomic E-state index is 11.6. The fourth-order valence-corrected chi connectivity index (χ4v) is 4.78. The molecule has 5 nitrogen and oxygen atoms in total. The summed E-state index contributed by atoms with van der Waals surface area (Å²) in [6, 6.07) is 8.64. The molecule has 0 spiro atoms. The molecule has 2 rings (SSSR count). The molecule has 0 radical (unpaired) electrons. The van der Waals surface area contributed by atoms with E-state index in [1.807, 2.05) is 14.0 Å². The quantitative estimate of drug-likeness (QED) is 0.387. The predicted molar refractivity (Wildman–Crippen MR) is 115 cm³/mol. The van der Waals surface area contributed by atoms with E-state index in [2.05, 4.69) is 46.4 Å². The molecule has 1 atom stereocenters. The summed E-state index contributed by atoms with van der Waals surface area (Å²) in [5, 5.41) is 3.30. The Morgan fingerprint density at radius 3 is 2.40 bits per heavy atom. The number of hydrogen-bond acceptors (Lipinski definition) is 3. The van der Waals surface area contributed by atoms with Gasteiger partial charge in [0.15, 0.2) is 15.8 Å². The third kappa shape index (κ3) is 7.13. The van der Waals surface area contributed by atoms with Gasteiger partial charge in [-0.25, -0.2) is 8.42 Å². The number of hydrogen-bond donors (Lipinski definition) is 1. The first kappa shape index (κ1) is 22.2. The van der Waals surface area contributed by atoms with Crippen molar-refractivity contribution in [1.82, 2.24) is 10.2 Å². The summed E-state index contributed by atoms with van der Waals surface area (Å²) in [6.07, 6.45) is 1.78. The van der Waals surface area contributed by atoms with Crippen molar-refractivity contribution >= 4 is 39.8 Å². The first-order valence-corrected chi connectivity index (χ1v) is 10.5. The lowest BCUT2D eigenvalue weighted by molar-refractivity contribution is 0.472. The van der Waals surface area contributed by atoms with E-state index in [1.54, 1.807) is 0 Å². The molecule has 25 heavy (non-hydrogen) atoms. The zero-order valence-electron chi connectivity index (χ0n) is 15.4. The Morgan fingerprint density at radius 1 is 1.24 bits per heavy atom. The van der Waals surface area contributed by atoms with Crippen molar-refractivity contribution in [2.75, 3.05) is 31.6 Å². The maximum Gasteiger partial charge on any atom is 0.193 e. The second kappa shape index (κ2) is 10.4. The van der Waals surface area contributed by atoms with Gasteiger partial charge in [-0.15, -0.1) is 24.0 Å². The summed E-state index contributed by atoms with van der Waals surface area (Å²) >= 11 is 0. The van der Waals surface area contributed by atoms with Gasteiger partial charge >= 0.3 is 0 Å². The van der Waals surface area contributed by atoms with Crippen molar-refractivity contribution in [3.63, 3.8) is 0 Å². The van der Waals surface area contributed by atoms with Gasteiger partial charge in [0.05, 0.1) is 11.5 Å². The van der Waals surface area contributed by atoms with Crippen LogP contribution in [0.1, 0.15) is 31.4 Å². The van der Waals surface area contributed by atoms with Gasteiger partial charge in [0.25, 0.3) is 0 Å². The Balaban J connectivity index is 0.00000312. The number of benzene rings is 1. The zero-order valence-corrected chi connectivity index (χ0v) is 18.5. The van der Waals surface area contributed by atoms with E-state index < -0.39 is 9.84 Å². The second-order valence-corrected chi connectivity index (χ2v) is 8.72. The molecule has 1 heterocycles. The van der Waals surface area contributed by atoms with Crippen molar-refractivity contribution in [3.05, 3.63) is 35.4 Å². The Bertz CT molecular complexity index is 659. The van der Waals surface area contributed by atoms with Crippen molar-refractivity contribution < 1.29 is 8.42 Å². The highest BCUT2D eigenvalue weighted by Crippen LogP contribution is 2.18. The van der Waals surface area contributed by atoms with Crippen LogP contribution in [0.3, 0.4) is 0 Å². The SMILES string of the molecule is CCNC(=NCC1CCS(=O)(=O)C1)N(C)Cc1ccc(CC)cc1.I. The van der Waals surface area contributed by atoms with E-state index in [0.717, 1.165) is 31.9 Å². The molecule has 1 unspecified atom stereocenters.